The number of ether oxygens (including phenoxy) is 1. The fourth-order valence-corrected chi connectivity index (χ4v) is 2.37. The van der Waals surface area contributed by atoms with Gasteiger partial charge in [-0.05, 0) is 43.1 Å². The SMILES string of the molecule is CCOC(=O)c1c(/C(F)=C(\F)C(F)(F)C(F)(F)C(F)(F)Cl)nc2cc(C)ccn12. The summed E-state index contributed by atoms with van der Waals surface area (Å²) in [5, 5.41) is -5.91. The standard InChI is InChI=1S/C16H11ClF8N2O2/c1-3-29-13(28)11-10(26-8-6-7(2)4-5-27(8)11)9(18)12(19)14(20,21)15(22,23)16(17,24)25/h4-6H,3H2,1-2H3/b12-9+. The number of alkyl halides is 7. The summed E-state index contributed by atoms with van der Waals surface area (Å²) in [4.78, 5) is 15.5. The molecular weight excluding hydrogens is 440 g/mol. The van der Waals surface area contributed by atoms with Crippen LogP contribution in [0.3, 0.4) is 0 Å². The van der Waals surface area contributed by atoms with Gasteiger partial charge in [0, 0.05) is 6.20 Å². The quantitative estimate of drug-likeness (QED) is 0.330. The number of imidazole rings is 1. The Morgan fingerprint density at radius 3 is 2.31 bits per heavy atom. The Morgan fingerprint density at radius 2 is 1.79 bits per heavy atom. The summed E-state index contributed by atoms with van der Waals surface area (Å²) in [6, 6.07) is 2.62. The molecule has 0 aliphatic heterocycles. The molecule has 0 atom stereocenters. The van der Waals surface area contributed by atoms with Crippen LogP contribution in [0.15, 0.2) is 24.2 Å². The fourth-order valence-electron chi connectivity index (χ4n) is 2.25. The Morgan fingerprint density at radius 1 is 1.21 bits per heavy atom. The minimum atomic E-state index is -6.50. The zero-order valence-electron chi connectivity index (χ0n) is 14.6. The number of aromatic nitrogens is 2. The Balaban J connectivity index is 2.78. The summed E-state index contributed by atoms with van der Waals surface area (Å²) >= 11 is 3.94. The molecule has 0 spiro atoms. The zero-order valence-corrected chi connectivity index (χ0v) is 15.3. The van der Waals surface area contributed by atoms with Crippen LogP contribution >= 0.6 is 11.6 Å². The van der Waals surface area contributed by atoms with Gasteiger partial charge in [-0.25, -0.2) is 18.6 Å². The number of carbonyl (C=O) groups is 1. The first-order valence-corrected chi connectivity index (χ1v) is 8.08. The molecule has 0 bridgehead atoms. The number of allylic oxidation sites excluding steroid dienone is 1. The first-order valence-electron chi connectivity index (χ1n) is 7.71. The van der Waals surface area contributed by atoms with Gasteiger partial charge in [0.15, 0.2) is 11.5 Å². The summed E-state index contributed by atoms with van der Waals surface area (Å²) in [6.07, 6.45) is 1.14. The van der Waals surface area contributed by atoms with Crippen LogP contribution in [0.4, 0.5) is 35.1 Å². The van der Waals surface area contributed by atoms with Crippen molar-refractivity contribution >= 4 is 29.0 Å². The first-order chi connectivity index (χ1) is 13.2. The predicted octanol–water partition coefficient (Wildman–Crippen LogP) is 5.53. The summed E-state index contributed by atoms with van der Waals surface area (Å²) in [5.41, 5.74) is -2.08. The molecular formula is C16H11ClF8N2O2. The van der Waals surface area contributed by atoms with Gasteiger partial charge in [-0.3, -0.25) is 4.40 Å². The molecule has 0 radical (unpaired) electrons. The second-order valence-corrected chi connectivity index (χ2v) is 6.21. The van der Waals surface area contributed by atoms with Crippen LogP contribution < -0.4 is 0 Å². The monoisotopic (exact) mass is 450 g/mol. The van der Waals surface area contributed by atoms with E-state index in [9.17, 15) is 39.9 Å². The molecule has 2 aromatic rings. The highest BCUT2D eigenvalue weighted by Gasteiger charge is 2.74. The van der Waals surface area contributed by atoms with E-state index in [2.05, 4.69) is 21.3 Å². The number of halogens is 9. The second-order valence-electron chi connectivity index (χ2n) is 5.74. The Kier molecular flexibility index (Phi) is 5.90. The van der Waals surface area contributed by atoms with Crippen molar-refractivity contribution in [3.63, 3.8) is 0 Å². The molecule has 0 saturated heterocycles. The smallest absolute Gasteiger partial charge is 0.393 e. The number of hydrogen-bond donors (Lipinski definition) is 0. The van der Waals surface area contributed by atoms with Crippen LogP contribution in [0.2, 0.25) is 0 Å². The van der Waals surface area contributed by atoms with Crippen molar-refractivity contribution in [2.24, 2.45) is 0 Å². The number of aryl methyl sites for hydroxylation is 1. The number of rotatable bonds is 6. The number of pyridine rings is 1. The molecule has 0 amide bonds. The van der Waals surface area contributed by atoms with Crippen LogP contribution in [-0.4, -0.2) is 39.2 Å². The molecule has 13 heteroatoms. The normalized spacial score (nSPS) is 14.2. The first kappa shape index (κ1) is 22.9. The maximum Gasteiger partial charge on any atom is 0.393 e. The van der Waals surface area contributed by atoms with Crippen molar-refractivity contribution in [3.8, 4) is 0 Å². The van der Waals surface area contributed by atoms with Crippen molar-refractivity contribution < 1.29 is 44.7 Å². The van der Waals surface area contributed by atoms with Crippen molar-refractivity contribution in [2.45, 2.75) is 31.1 Å². The van der Waals surface area contributed by atoms with E-state index in [1.807, 2.05) is 0 Å². The van der Waals surface area contributed by atoms with E-state index in [-0.39, 0.29) is 12.3 Å². The van der Waals surface area contributed by atoms with E-state index in [0.29, 0.717) is 5.56 Å². The van der Waals surface area contributed by atoms with Gasteiger partial charge in [0.2, 0.25) is 5.83 Å². The average molecular weight is 451 g/mol. The molecule has 0 aliphatic rings. The number of fused-ring (bicyclic) bond motifs is 1. The lowest BCUT2D eigenvalue weighted by atomic mass is 10.1. The van der Waals surface area contributed by atoms with Gasteiger partial charge in [-0.2, -0.15) is 26.3 Å². The van der Waals surface area contributed by atoms with Gasteiger partial charge in [-0.15, -0.1) is 0 Å². The predicted molar refractivity (Wildman–Crippen MR) is 85.7 cm³/mol. The summed E-state index contributed by atoms with van der Waals surface area (Å²) in [7, 11) is 0. The number of carbonyl (C=O) groups excluding carboxylic acids is 1. The third-order valence-electron chi connectivity index (χ3n) is 3.68. The van der Waals surface area contributed by atoms with Gasteiger partial charge < -0.3 is 4.74 Å². The number of hydrogen-bond acceptors (Lipinski definition) is 3. The highest BCUT2D eigenvalue weighted by Crippen LogP contribution is 2.52. The van der Waals surface area contributed by atoms with Gasteiger partial charge >= 0.3 is 23.2 Å². The number of nitrogens with zero attached hydrogens (tertiary/aromatic N) is 2. The van der Waals surface area contributed by atoms with Gasteiger partial charge in [-0.1, -0.05) is 0 Å². The van der Waals surface area contributed by atoms with Gasteiger partial charge in [0.05, 0.1) is 6.61 Å². The van der Waals surface area contributed by atoms with Crippen LogP contribution in [0.25, 0.3) is 11.5 Å². The molecule has 29 heavy (non-hydrogen) atoms. The lowest BCUT2D eigenvalue weighted by Crippen LogP contribution is -2.51. The molecule has 0 unspecified atom stereocenters. The molecule has 2 rings (SSSR count). The Bertz CT molecular complexity index is 981. The summed E-state index contributed by atoms with van der Waals surface area (Å²) in [5.74, 6) is -20.5. The lowest BCUT2D eigenvalue weighted by Gasteiger charge is -2.28. The molecule has 160 valence electrons. The highest BCUT2D eigenvalue weighted by molar-refractivity contribution is 6.22. The van der Waals surface area contributed by atoms with E-state index in [4.69, 9.17) is 0 Å². The van der Waals surface area contributed by atoms with Crippen molar-refractivity contribution in [1.29, 1.82) is 0 Å². The highest BCUT2D eigenvalue weighted by atomic mass is 35.5. The largest absolute Gasteiger partial charge is 0.461 e. The number of esters is 1. The van der Waals surface area contributed by atoms with Crippen molar-refractivity contribution in [2.75, 3.05) is 6.61 Å². The molecule has 0 N–H and O–H groups in total. The minimum absolute atomic E-state index is 0.247. The summed E-state index contributed by atoms with van der Waals surface area (Å²) < 4.78 is 113. The van der Waals surface area contributed by atoms with Crippen LogP contribution in [0.5, 0.6) is 0 Å². The molecule has 4 nitrogen and oxygen atoms in total. The van der Waals surface area contributed by atoms with Crippen molar-refractivity contribution in [1.82, 2.24) is 9.38 Å². The van der Waals surface area contributed by atoms with E-state index in [1.165, 1.54) is 19.1 Å². The Labute approximate surface area is 162 Å². The van der Waals surface area contributed by atoms with Crippen LogP contribution in [0, 0.1) is 6.92 Å². The average Bonchev–Trinajstić information content (AvgIpc) is 2.97. The topological polar surface area (TPSA) is 43.6 Å². The van der Waals surface area contributed by atoms with Gasteiger partial charge in [0.25, 0.3) is 0 Å². The van der Waals surface area contributed by atoms with E-state index in [0.717, 1.165) is 10.6 Å². The zero-order chi connectivity index (χ0) is 22.4. The molecule has 0 aliphatic carbocycles. The van der Waals surface area contributed by atoms with E-state index < -0.39 is 46.2 Å². The third-order valence-corrected chi connectivity index (χ3v) is 3.91. The molecule has 0 aromatic carbocycles. The molecule has 2 aromatic heterocycles. The third kappa shape index (κ3) is 3.77. The molecule has 2 heterocycles. The van der Waals surface area contributed by atoms with E-state index >= 15 is 0 Å². The van der Waals surface area contributed by atoms with Gasteiger partial charge in [0.1, 0.15) is 11.3 Å². The molecule has 0 saturated carbocycles. The maximum atomic E-state index is 14.5. The minimum Gasteiger partial charge on any atom is -0.461 e. The maximum absolute atomic E-state index is 14.5. The van der Waals surface area contributed by atoms with Crippen LogP contribution in [0.1, 0.15) is 28.7 Å². The van der Waals surface area contributed by atoms with E-state index in [1.54, 1.807) is 6.92 Å². The van der Waals surface area contributed by atoms with Crippen molar-refractivity contribution in [3.05, 3.63) is 41.1 Å². The summed E-state index contributed by atoms with van der Waals surface area (Å²) in [6.45, 7) is 2.62. The Hall–Kier alpha value is -2.37. The second kappa shape index (κ2) is 7.47. The van der Waals surface area contributed by atoms with Crippen LogP contribution in [-0.2, 0) is 4.74 Å². The molecule has 0 fully saturated rings. The lowest BCUT2D eigenvalue weighted by molar-refractivity contribution is -0.269. The fraction of sp³-hybridized carbons (Fsp3) is 0.375.